The summed E-state index contributed by atoms with van der Waals surface area (Å²) >= 11 is 0. The van der Waals surface area contributed by atoms with Gasteiger partial charge in [0.05, 0.1) is 6.54 Å². The number of amides is 2. The number of ether oxygens (including phenoxy) is 1. The number of anilines is 2. The minimum absolute atomic E-state index is 0.0357. The van der Waals surface area contributed by atoms with E-state index in [0.717, 1.165) is 48.6 Å². The van der Waals surface area contributed by atoms with Gasteiger partial charge in [-0.1, -0.05) is 0 Å². The van der Waals surface area contributed by atoms with Gasteiger partial charge in [0.1, 0.15) is 12.3 Å². The summed E-state index contributed by atoms with van der Waals surface area (Å²) in [5.41, 5.74) is 3.43. The maximum atomic E-state index is 12.7. The van der Waals surface area contributed by atoms with E-state index in [4.69, 9.17) is 4.74 Å². The second-order valence-electron chi connectivity index (χ2n) is 7.56. The van der Waals surface area contributed by atoms with Gasteiger partial charge in [0, 0.05) is 43.5 Å². The van der Waals surface area contributed by atoms with Gasteiger partial charge in [0.15, 0.2) is 11.6 Å². The lowest BCUT2D eigenvalue weighted by Crippen LogP contribution is -2.29. The molecule has 3 aliphatic rings. The molecule has 1 N–H and O–H groups in total. The van der Waals surface area contributed by atoms with Gasteiger partial charge in [-0.2, -0.15) is 0 Å². The molecule has 5 rings (SSSR count). The van der Waals surface area contributed by atoms with Crippen LogP contribution >= 0.6 is 0 Å². The number of nitrogens with one attached hydrogen (secondary N) is 1. The molecule has 2 amide bonds. The molecule has 4 heterocycles. The lowest BCUT2D eigenvalue weighted by atomic mass is 10.1. The Morgan fingerprint density at radius 2 is 2.00 bits per heavy atom. The Morgan fingerprint density at radius 3 is 2.79 bits per heavy atom. The van der Waals surface area contributed by atoms with E-state index in [-0.39, 0.29) is 11.8 Å². The molecule has 0 atom stereocenters. The molecular formula is C21H24N4O3. The Bertz CT molecular complexity index is 945. The smallest absolute Gasteiger partial charge is 0.270 e. The number of H-pyrrole nitrogens is 1. The molecule has 3 aliphatic heterocycles. The molecule has 0 radical (unpaired) electrons. The van der Waals surface area contributed by atoms with Crippen molar-refractivity contribution in [1.82, 2.24) is 14.8 Å². The highest BCUT2D eigenvalue weighted by molar-refractivity contribution is 5.99. The molecule has 2 aromatic rings. The number of hydrogen-bond acceptors (Lipinski definition) is 4. The van der Waals surface area contributed by atoms with Crippen LogP contribution in [0.1, 0.15) is 46.2 Å². The van der Waals surface area contributed by atoms with Crippen LogP contribution in [0.3, 0.4) is 0 Å². The Morgan fingerprint density at radius 1 is 1.18 bits per heavy atom. The first-order chi connectivity index (χ1) is 13.7. The quantitative estimate of drug-likeness (QED) is 0.889. The van der Waals surface area contributed by atoms with Gasteiger partial charge in [-0.25, -0.2) is 0 Å². The largest absolute Gasteiger partial charge is 0.488 e. The zero-order chi connectivity index (χ0) is 19.3. The Hall–Kier alpha value is -2.96. The van der Waals surface area contributed by atoms with Crippen LogP contribution in [-0.2, 0) is 6.54 Å². The van der Waals surface area contributed by atoms with Crippen LogP contribution in [0.2, 0.25) is 0 Å². The fourth-order valence-electron chi connectivity index (χ4n) is 4.35. The zero-order valence-electron chi connectivity index (χ0n) is 16.0. The number of fused-ring (bicyclic) bond motifs is 2. The molecule has 1 aromatic heterocycles. The highest BCUT2D eigenvalue weighted by atomic mass is 16.5. The number of likely N-dealkylation sites (tertiary alicyclic amines) is 1. The monoisotopic (exact) mass is 380 g/mol. The van der Waals surface area contributed by atoms with Crippen LogP contribution in [0.25, 0.3) is 0 Å². The molecular weight excluding hydrogens is 356 g/mol. The standard InChI is InChI=1S/C21H24N4O3/c1-2-23-13-14-11-15(5-6-16(14)20(23)26)25-9-10-28-18-12-17(22-19(18)25)21(27)24-7-3-4-8-24/h5-6,11-12,22H,2-4,7-10,13H2,1H3. The highest BCUT2D eigenvalue weighted by Gasteiger charge is 2.30. The van der Waals surface area contributed by atoms with E-state index < -0.39 is 0 Å². The molecule has 1 aromatic carbocycles. The molecule has 7 heteroatoms. The van der Waals surface area contributed by atoms with E-state index in [1.54, 1.807) is 0 Å². The van der Waals surface area contributed by atoms with Crippen molar-refractivity contribution >= 4 is 23.3 Å². The maximum absolute atomic E-state index is 12.7. The molecule has 0 aliphatic carbocycles. The van der Waals surface area contributed by atoms with E-state index in [1.807, 2.05) is 34.9 Å². The van der Waals surface area contributed by atoms with Crippen molar-refractivity contribution in [2.75, 3.05) is 37.7 Å². The topological polar surface area (TPSA) is 68.9 Å². The fourth-order valence-corrected chi connectivity index (χ4v) is 4.35. The lowest BCUT2D eigenvalue weighted by Gasteiger charge is -2.29. The van der Waals surface area contributed by atoms with Crippen molar-refractivity contribution in [3.63, 3.8) is 0 Å². The summed E-state index contributed by atoms with van der Waals surface area (Å²) in [5, 5.41) is 0. The van der Waals surface area contributed by atoms with Gasteiger partial charge in [0.2, 0.25) is 0 Å². The molecule has 7 nitrogen and oxygen atoms in total. The van der Waals surface area contributed by atoms with Gasteiger partial charge in [-0.05, 0) is 43.5 Å². The number of aromatic amines is 1. The average Bonchev–Trinajstić information content (AvgIpc) is 3.45. The van der Waals surface area contributed by atoms with Crippen molar-refractivity contribution in [3.8, 4) is 5.75 Å². The summed E-state index contributed by atoms with van der Waals surface area (Å²) in [4.78, 5) is 34.3. The number of aromatic nitrogens is 1. The molecule has 0 spiro atoms. The Labute approximate surface area is 163 Å². The van der Waals surface area contributed by atoms with E-state index >= 15 is 0 Å². The SMILES string of the molecule is CCN1Cc2cc(N3CCOc4cc(C(=O)N5CCCC5)[nH]c43)ccc2C1=O. The third kappa shape index (κ3) is 2.65. The van der Waals surface area contributed by atoms with Crippen molar-refractivity contribution < 1.29 is 14.3 Å². The first-order valence-corrected chi connectivity index (χ1v) is 10.0. The minimum Gasteiger partial charge on any atom is -0.488 e. The summed E-state index contributed by atoms with van der Waals surface area (Å²) in [6, 6.07) is 7.80. The predicted octanol–water partition coefficient (Wildman–Crippen LogP) is 2.76. The van der Waals surface area contributed by atoms with Crippen LogP contribution < -0.4 is 9.64 Å². The average molecular weight is 380 g/mol. The van der Waals surface area contributed by atoms with Gasteiger partial charge in [0.25, 0.3) is 11.8 Å². The normalized spacial score (nSPS) is 18.3. The third-order valence-corrected chi connectivity index (χ3v) is 5.89. The summed E-state index contributed by atoms with van der Waals surface area (Å²) in [6.45, 7) is 6.24. The van der Waals surface area contributed by atoms with Crippen molar-refractivity contribution in [1.29, 1.82) is 0 Å². The first kappa shape index (κ1) is 17.2. The van der Waals surface area contributed by atoms with Crippen LogP contribution in [0, 0.1) is 0 Å². The van der Waals surface area contributed by atoms with E-state index in [1.165, 1.54) is 0 Å². The summed E-state index contributed by atoms with van der Waals surface area (Å²) < 4.78 is 5.81. The lowest BCUT2D eigenvalue weighted by molar-refractivity contribution is 0.0780. The molecule has 0 bridgehead atoms. The van der Waals surface area contributed by atoms with Crippen molar-refractivity contribution in [3.05, 3.63) is 41.1 Å². The van der Waals surface area contributed by atoms with Crippen LogP contribution in [0.4, 0.5) is 11.5 Å². The van der Waals surface area contributed by atoms with Crippen molar-refractivity contribution in [2.24, 2.45) is 0 Å². The van der Waals surface area contributed by atoms with Crippen molar-refractivity contribution in [2.45, 2.75) is 26.3 Å². The molecule has 1 saturated heterocycles. The van der Waals surface area contributed by atoms with Gasteiger partial charge in [-0.3, -0.25) is 9.59 Å². The van der Waals surface area contributed by atoms with Gasteiger partial charge < -0.3 is 24.4 Å². The number of carbonyl (C=O) groups excluding carboxylic acids is 2. The first-order valence-electron chi connectivity index (χ1n) is 10.0. The highest BCUT2D eigenvalue weighted by Crippen LogP contribution is 2.38. The van der Waals surface area contributed by atoms with E-state index in [0.29, 0.717) is 37.7 Å². The van der Waals surface area contributed by atoms with E-state index in [2.05, 4.69) is 16.0 Å². The number of benzene rings is 1. The molecule has 1 fully saturated rings. The minimum atomic E-state index is 0.0357. The number of rotatable bonds is 3. The van der Waals surface area contributed by atoms with Gasteiger partial charge >= 0.3 is 0 Å². The van der Waals surface area contributed by atoms with Crippen LogP contribution in [-0.4, -0.2) is 59.4 Å². The third-order valence-electron chi connectivity index (χ3n) is 5.89. The molecule has 0 saturated carbocycles. The van der Waals surface area contributed by atoms with E-state index in [9.17, 15) is 9.59 Å². The fraction of sp³-hybridized carbons (Fsp3) is 0.429. The second kappa shape index (κ2) is 6.58. The molecule has 146 valence electrons. The zero-order valence-corrected chi connectivity index (χ0v) is 16.0. The Balaban J connectivity index is 1.46. The number of nitrogens with zero attached hydrogens (tertiary/aromatic N) is 3. The number of carbonyl (C=O) groups is 2. The van der Waals surface area contributed by atoms with Gasteiger partial charge in [-0.15, -0.1) is 0 Å². The maximum Gasteiger partial charge on any atom is 0.270 e. The predicted molar refractivity (Wildman–Crippen MR) is 105 cm³/mol. The molecule has 28 heavy (non-hydrogen) atoms. The summed E-state index contributed by atoms with van der Waals surface area (Å²) in [7, 11) is 0. The number of hydrogen-bond donors (Lipinski definition) is 1. The molecule has 0 unspecified atom stereocenters. The van der Waals surface area contributed by atoms with Crippen LogP contribution in [0.5, 0.6) is 5.75 Å². The second-order valence-corrected chi connectivity index (χ2v) is 7.56. The Kier molecular flexibility index (Phi) is 4.03. The summed E-state index contributed by atoms with van der Waals surface area (Å²) in [5.74, 6) is 1.66. The van der Waals surface area contributed by atoms with Crippen LogP contribution in [0.15, 0.2) is 24.3 Å². The summed E-state index contributed by atoms with van der Waals surface area (Å²) in [6.07, 6.45) is 2.13.